The molecule has 0 fully saturated rings. The molecule has 0 saturated carbocycles. The Balaban J connectivity index is 4.03. The van der Waals surface area contributed by atoms with Gasteiger partial charge in [0.25, 0.3) is 0 Å². The Labute approximate surface area is 78.0 Å². The summed E-state index contributed by atoms with van der Waals surface area (Å²) in [6.07, 6.45) is 0.567. The van der Waals surface area contributed by atoms with E-state index in [2.05, 4.69) is 4.72 Å². The first-order valence-electron chi connectivity index (χ1n) is 3.72. The Morgan fingerprint density at radius 3 is 2.50 bits per heavy atom. The summed E-state index contributed by atoms with van der Waals surface area (Å²) in [4.78, 5) is 0. The zero-order valence-electron chi connectivity index (χ0n) is 6.96. The number of rotatable bonds is 6. The predicted octanol–water partition coefficient (Wildman–Crippen LogP) is -0.0845. The number of sulfonamides is 1. The zero-order valence-corrected chi connectivity index (χ0v) is 8.53. The van der Waals surface area contributed by atoms with Crippen LogP contribution in [0.1, 0.15) is 13.3 Å². The quantitative estimate of drug-likeness (QED) is 0.609. The van der Waals surface area contributed by atoms with E-state index in [9.17, 15) is 8.42 Å². The van der Waals surface area contributed by atoms with Crippen LogP contribution < -0.4 is 4.72 Å². The molecule has 0 aromatic heterocycles. The summed E-state index contributed by atoms with van der Waals surface area (Å²) in [5.74, 6) is -0.0394. The van der Waals surface area contributed by atoms with Crippen LogP contribution in [0.25, 0.3) is 0 Å². The predicted molar refractivity (Wildman–Crippen MR) is 48.8 cm³/mol. The minimum absolute atomic E-state index is 0.0667. The molecule has 0 aliphatic rings. The van der Waals surface area contributed by atoms with E-state index in [1.165, 1.54) is 0 Å². The Morgan fingerprint density at radius 2 is 2.17 bits per heavy atom. The second-order valence-electron chi connectivity index (χ2n) is 2.41. The summed E-state index contributed by atoms with van der Waals surface area (Å²) in [6, 6.07) is -0.391. The fourth-order valence-electron chi connectivity index (χ4n) is 0.664. The van der Waals surface area contributed by atoms with Crippen molar-refractivity contribution in [2.75, 3.05) is 18.2 Å². The second kappa shape index (κ2) is 5.75. The molecule has 1 atom stereocenters. The van der Waals surface area contributed by atoms with Gasteiger partial charge in [-0.05, 0) is 6.42 Å². The van der Waals surface area contributed by atoms with Crippen molar-refractivity contribution in [2.24, 2.45) is 0 Å². The van der Waals surface area contributed by atoms with E-state index in [0.29, 0.717) is 6.42 Å². The third-order valence-electron chi connectivity index (χ3n) is 1.41. The summed E-state index contributed by atoms with van der Waals surface area (Å²) in [7, 11) is -3.30. The minimum atomic E-state index is -3.30. The monoisotopic (exact) mass is 215 g/mol. The second-order valence-corrected chi connectivity index (χ2v) is 4.66. The van der Waals surface area contributed by atoms with Crippen LogP contribution in [-0.4, -0.2) is 37.8 Å². The first-order chi connectivity index (χ1) is 5.55. The highest BCUT2D eigenvalue weighted by atomic mass is 35.5. The Hall–Kier alpha value is 0.160. The normalized spacial score (nSPS) is 14.6. The van der Waals surface area contributed by atoms with Crippen LogP contribution in [-0.2, 0) is 10.0 Å². The van der Waals surface area contributed by atoms with Gasteiger partial charge in [0.1, 0.15) is 0 Å². The Bertz CT molecular complexity index is 201. The molecule has 0 rings (SSSR count). The molecule has 4 nitrogen and oxygen atoms in total. The van der Waals surface area contributed by atoms with Gasteiger partial charge in [-0.25, -0.2) is 13.1 Å². The van der Waals surface area contributed by atoms with Crippen molar-refractivity contribution in [1.29, 1.82) is 0 Å². The van der Waals surface area contributed by atoms with E-state index >= 15 is 0 Å². The zero-order chi connectivity index (χ0) is 9.61. The summed E-state index contributed by atoms with van der Waals surface area (Å²) < 4.78 is 24.4. The van der Waals surface area contributed by atoms with Crippen molar-refractivity contribution in [3.05, 3.63) is 0 Å². The molecule has 0 aliphatic heterocycles. The molecule has 0 aromatic carbocycles. The van der Waals surface area contributed by atoms with Crippen LogP contribution in [0.15, 0.2) is 0 Å². The summed E-state index contributed by atoms with van der Waals surface area (Å²) in [5, 5.41) is 8.70. The maximum atomic E-state index is 11.1. The number of aliphatic hydroxyl groups is 1. The van der Waals surface area contributed by atoms with Gasteiger partial charge >= 0.3 is 0 Å². The number of alkyl halides is 1. The van der Waals surface area contributed by atoms with Gasteiger partial charge in [-0.15, -0.1) is 11.6 Å². The lowest BCUT2D eigenvalue weighted by atomic mass is 10.3. The van der Waals surface area contributed by atoms with Gasteiger partial charge < -0.3 is 5.11 Å². The number of hydrogen-bond acceptors (Lipinski definition) is 3. The van der Waals surface area contributed by atoms with Gasteiger partial charge in [-0.2, -0.15) is 0 Å². The summed E-state index contributed by atoms with van der Waals surface area (Å²) >= 11 is 5.27. The minimum Gasteiger partial charge on any atom is -0.395 e. The maximum absolute atomic E-state index is 11.1. The van der Waals surface area contributed by atoms with Crippen molar-refractivity contribution >= 4 is 21.6 Å². The van der Waals surface area contributed by atoms with Gasteiger partial charge in [0.2, 0.25) is 10.0 Å². The van der Waals surface area contributed by atoms with Crippen LogP contribution in [0.3, 0.4) is 0 Å². The molecule has 1 unspecified atom stereocenters. The molecule has 0 aliphatic carbocycles. The maximum Gasteiger partial charge on any atom is 0.213 e. The lowest BCUT2D eigenvalue weighted by molar-refractivity contribution is 0.254. The van der Waals surface area contributed by atoms with Gasteiger partial charge in [0.05, 0.1) is 12.4 Å². The number of halogens is 1. The van der Waals surface area contributed by atoms with Crippen molar-refractivity contribution < 1.29 is 13.5 Å². The van der Waals surface area contributed by atoms with E-state index < -0.39 is 16.1 Å². The summed E-state index contributed by atoms with van der Waals surface area (Å²) in [6.45, 7) is 1.61. The fraction of sp³-hybridized carbons (Fsp3) is 1.00. The van der Waals surface area contributed by atoms with Crippen LogP contribution in [0.5, 0.6) is 0 Å². The molecule has 0 spiro atoms. The lowest BCUT2D eigenvalue weighted by Gasteiger charge is -2.13. The molecule has 6 heteroatoms. The third-order valence-corrected chi connectivity index (χ3v) is 3.25. The van der Waals surface area contributed by atoms with E-state index in [1.54, 1.807) is 6.92 Å². The third kappa shape index (κ3) is 4.92. The number of nitrogens with one attached hydrogen (secondary N) is 1. The van der Waals surface area contributed by atoms with Crippen molar-refractivity contribution in [2.45, 2.75) is 19.4 Å². The molecular weight excluding hydrogens is 202 g/mol. The molecule has 2 N–H and O–H groups in total. The van der Waals surface area contributed by atoms with E-state index in [0.717, 1.165) is 0 Å². The van der Waals surface area contributed by atoms with E-state index in [4.69, 9.17) is 16.7 Å². The van der Waals surface area contributed by atoms with Gasteiger partial charge in [0.15, 0.2) is 0 Å². The fourth-order valence-corrected chi connectivity index (χ4v) is 2.34. The van der Waals surface area contributed by atoms with Gasteiger partial charge in [-0.3, -0.25) is 0 Å². The van der Waals surface area contributed by atoms with Crippen LogP contribution >= 0.6 is 11.6 Å². The van der Waals surface area contributed by atoms with Crippen molar-refractivity contribution in [3.8, 4) is 0 Å². The highest BCUT2D eigenvalue weighted by Crippen LogP contribution is 1.94. The highest BCUT2D eigenvalue weighted by molar-refractivity contribution is 7.89. The van der Waals surface area contributed by atoms with E-state index in [-0.39, 0.29) is 18.2 Å². The Morgan fingerprint density at radius 1 is 1.58 bits per heavy atom. The topological polar surface area (TPSA) is 66.4 Å². The van der Waals surface area contributed by atoms with Crippen LogP contribution in [0, 0.1) is 0 Å². The first-order valence-corrected chi connectivity index (χ1v) is 5.91. The van der Waals surface area contributed by atoms with Gasteiger partial charge in [-0.1, -0.05) is 6.92 Å². The molecule has 0 aromatic rings. The first kappa shape index (κ1) is 12.2. The highest BCUT2D eigenvalue weighted by Gasteiger charge is 2.14. The van der Waals surface area contributed by atoms with Crippen molar-refractivity contribution in [1.82, 2.24) is 4.72 Å². The average Bonchev–Trinajstić information content (AvgIpc) is 2.00. The summed E-state index contributed by atoms with van der Waals surface area (Å²) in [5.41, 5.74) is 0. The molecule has 0 amide bonds. The van der Waals surface area contributed by atoms with Crippen LogP contribution in [0.2, 0.25) is 0 Å². The lowest BCUT2D eigenvalue weighted by Crippen LogP contribution is -2.38. The molecule has 0 saturated heterocycles. The van der Waals surface area contributed by atoms with E-state index in [1.807, 2.05) is 0 Å². The van der Waals surface area contributed by atoms with Gasteiger partial charge in [0, 0.05) is 11.9 Å². The van der Waals surface area contributed by atoms with Crippen molar-refractivity contribution in [3.63, 3.8) is 0 Å². The number of aliphatic hydroxyl groups excluding tert-OH is 1. The molecule has 0 heterocycles. The van der Waals surface area contributed by atoms with Crippen LogP contribution in [0.4, 0.5) is 0 Å². The largest absolute Gasteiger partial charge is 0.395 e. The number of hydrogen-bond donors (Lipinski definition) is 2. The molecule has 0 bridgehead atoms. The average molecular weight is 216 g/mol. The molecule has 12 heavy (non-hydrogen) atoms. The molecule has 74 valence electrons. The molecular formula is C6H14ClNO3S. The smallest absolute Gasteiger partial charge is 0.213 e. The standard InChI is InChI=1S/C6H14ClNO3S/c1-2-6(5-9)8-12(10,11)4-3-7/h6,8-9H,2-5H2,1H3. The Kier molecular flexibility index (Phi) is 5.82. The molecule has 0 radical (unpaired) electrons. The SMILES string of the molecule is CCC(CO)NS(=O)(=O)CCCl.